The van der Waals surface area contributed by atoms with Gasteiger partial charge in [0.1, 0.15) is 5.54 Å². The summed E-state index contributed by atoms with van der Waals surface area (Å²) in [6.45, 7) is 3.48. The summed E-state index contributed by atoms with van der Waals surface area (Å²) in [6.07, 6.45) is 0. The second-order valence-corrected chi connectivity index (χ2v) is 4.41. The molecular weight excluding hydrogens is 240 g/mol. The van der Waals surface area contributed by atoms with Crippen LogP contribution in [0, 0.1) is 0 Å². The Morgan fingerprint density at radius 2 is 1.83 bits per heavy atom. The van der Waals surface area contributed by atoms with Crippen molar-refractivity contribution in [1.29, 1.82) is 0 Å². The van der Waals surface area contributed by atoms with Crippen molar-refractivity contribution in [2.75, 3.05) is 40.5 Å². The third-order valence-corrected chi connectivity index (χ3v) is 2.85. The molecule has 0 fully saturated rings. The minimum absolute atomic E-state index is 0.141. The van der Waals surface area contributed by atoms with Crippen molar-refractivity contribution in [3.8, 4) is 0 Å². The molecule has 0 unspecified atom stereocenters. The number of ether oxygens (including phenoxy) is 1. The topological polar surface area (TPSA) is 90.3 Å². The number of likely N-dealkylation sites (N-methyl/N-ethyl adjacent to an activating group) is 1. The summed E-state index contributed by atoms with van der Waals surface area (Å²) in [5, 5.41) is 18.0. The fourth-order valence-corrected chi connectivity index (χ4v) is 1.22. The summed E-state index contributed by atoms with van der Waals surface area (Å²) in [5.41, 5.74) is -1.31. The van der Waals surface area contributed by atoms with Crippen molar-refractivity contribution in [3.05, 3.63) is 0 Å². The number of carboxylic acids is 1. The number of rotatable bonds is 7. The van der Waals surface area contributed by atoms with E-state index in [1.54, 1.807) is 0 Å². The minimum Gasteiger partial charge on any atom is -0.480 e. The highest BCUT2D eigenvalue weighted by Crippen LogP contribution is 2.14. The predicted molar refractivity (Wildman–Crippen MR) is 65.4 cm³/mol. The molecule has 106 valence electrons. The van der Waals surface area contributed by atoms with Crippen LogP contribution in [-0.4, -0.2) is 78.0 Å². The number of amides is 2. The van der Waals surface area contributed by atoms with Crippen LogP contribution in [0.25, 0.3) is 0 Å². The zero-order chi connectivity index (χ0) is 14.3. The molecular formula is C11H22N2O5. The number of aliphatic hydroxyl groups is 1. The molecule has 0 aliphatic heterocycles. The summed E-state index contributed by atoms with van der Waals surface area (Å²) in [7, 11) is 2.93. The lowest BCUT2D eigenvalue weighted by Crippen LogP contribution is -2.55. The molecule has 0 aliphatic carbocycles. The van der Waals surface area contributed by atoms with Crippen molar-refractivity contribution >= 4 is 12.0 Å². The maximum absolute atomic E-state index is 12.1. The van der Waals surface area contributed by atoms with Crippen LogP contribution >= 0.6 is 0 Å². The lowest BCUT2D eigenvalue weighted by Gasteiger charge is -2.35. The number of hydrogen-bond acceptors (Lipinski definition) is 4. The highest BCUT2D eigenvalue weighted by Gasteiger charge is 2.36. The van der Waals surface area contributed by atoms with Gasteiger partial charge in [0.2, 0.25) is 0 Å². The molecule has 7 nitrogen and oxygen atoms in total. The molecule has 0 radical (unpaired) electrons. The Kier molecular flexibility index (Phi) is 6.64. The van der Waals surface area contributed by atoms with Gasteiger partial charge in [-0.3, -0.25) is 0 Å². The Balaban J connectivity index is 4.79. The van der Waals surface area contributed by atoms with Gasteiger partial charge in [-0.1, -0.05) is 0 Å². The van der Waals surface area contributed by atoms with Crippen LogP contribution in [0.3, 0.4) is 0 Å². The predicted octanol–water partition coefficient (Wildman–Crippen LogP) is -0.158. The van der Waals surface area contributed by atoms with Gasteiger partial charge in [0.25, 0.3) is 0 Å². The Morgan fingerprint density at radius 3 is 2.22 bits per heavy atom. The highest BCUT2D eigenvalue weighted by atomic mass is 16.5. The Hall–Kier alpha value is -1.34. The number of hydrogen-bond donors (Lipinski definition) is 2. The molecule has 0 heterocycles. The first-order chi connectivity index (χ1) is 8.28. The van der Waals surface area contributed by atoms with E-state index in [1.807, 2.05) is 0 Å². The molecule has 2 N–H and O–H groups in total. The van der Waals surface area contributed by atoms with Gasteiger partial charge in [0.15, 0.2) is 0 Å². The third-order valence-electron chi connectivity index (χ3n) is 2.85. The molecule has 0 aliphatic rings. The molecule has 18 heavy (non-hydrogen) atoms. The van der Waals surface area contributed by atoms with Gasteiger partial charge in [0.05, 0.1) is 13.2 Å². The minimum atomic E-state index is -1.31. The van der Waals surface area contributed by atoms with Gasteiger partial charge in [-0.15, -0.1) is 0 Å². The molecule has 0 spiro atoms. The SMILES string of the molecule is COCCN(CCO)C(=O)N(C)C(C)(C)C(=O)O. The van der Waals surface area contributed by atoms with Crippen LogP contribution < -0.4 is 0 Å². The molecule has 2 amide bonds. The van der Waals surface area contributed by atoms with E-state index in [1.165, 1.54) is 32.9 Å². The first-order valence-electron chi connectivity index (χ1n) is 5.65. The van der Waals surface area contributed by atoms with E-state index in [0.717, 1.165) is 4.90 Å². The van der Waals surface area contributed by atoms with E-state index in [-0.39, 0.29) is 13.2 Å². The van der Waals surface area contributed by atoms with E-state index in [4.69, 9.17) is 14.9 Å². The van der Waals surface area contributed by atoms with E-state index in [9.17, 15) is 9.59 Å². The Morgan fingerprint density at radius 1 is 1.28 bits per heavy atom. The number of urea groups is 1. The van der Waals surface area contributed by atoms with Crippen molar-refractivity contribution < 1.29 is 24.5 Å². The summed E-state index contributed by atoms with van der Waals surface area (Å²) in [6, 6.07) is -0.450. The second-order valence-electron chi connectivity index (χ2n) is 4.41. The molecule has 0 saturated carbocycles. The summed E-state index contributed by atoms with van der Waals surface area (Å²) in [4.78, 5) is 25.7. The van der Waals surface area contributed by atoms with Gasteiger partial charge >= 0.3 is 12.0 Å². The fraction of sp³-hybridized carbons (Fsp3) is 0.818. The average molecular weight is 262 g/mol. The van der Waals surface area contributed by atoms with Gasteiger partial charge in [0, 0.05) is 27.2 Å². The van der Waals surface area contributed by atoms with Crippen molar-refractivity contribution in [3.63, 3.8) is 0 Å². The van der Waals surface area contributed by atoms with Crippen molar-refractivity contribution in [2.24, 2.45) is 0 Å². The average Bonchev–Trinajstić information content (AvgIpc) is 2.32. The van der Waals surface area contributed by atoms with Gasteiger partial charge in [-0.2, -0.15) is 0 Å². The normalized spacial score (nSPS) is 11.2. The molecule has 0 aromatic heterocycles. The van der Waals surface area contributed by atoms with E-state index >= 15 is 0 Å². The Labute approximate surface area is 107 Å². The molecule has 0 saturated heterocycles. The number of carbonyl (C=O) groups excluding carboxylic acids is 1. The fourth-order valence-electron chi connectivity index (χ4n) is 1.22. The molecule has 0 atom stereocenters. The monoisotopic (exact) mass is 262 g/mol. The van der Waals surface area contributed by atoms with Crippen LogP contribution in [0.15, 0.2) is 0 Å². The number of carbonyl (C=O) groups is 2. The maximum Gasteiger partial charge on any atom is 0.329 e. The summed E-state index contributed by atoms with van der Waals surface area (Å²) >= 11 is 0. The van der Waals surface area contributed by atoms with E-state index in [0.29, 0.717) is 13.2 Å². The molecule has 0 rings (SSSR count). The summed E-state index contributed by atoms with van der Waals surface area (Å²) < 4.78 is 4.87. The molecule has 0 aromatic rings. The number of aliphatic carboxylic acids is 1. The van der Waals surface area contributed by atoms with Gasteiger partial charge < -0.3 is 24.7 Å². The quantitative estimate of drug-likeness (QED) is 0.665. The first-order valence-corrected chi connectivity index (χ1v) is 5.65. The standard InChI is InChI=1S/C11H22N2O5/c1-11(2,9(15)16)12(3)10(17)13(5-7-14)6-8-18-4/h14H,5-8H2,1-4H3,(H,15,16). The van der Waals surface area contributed by atoms with Crippen LogP contribution in [-0.2, 0) is 9.53 Å². The lowest BCUT2D eigenvalue weighted by molar-refractivity contribution is -0.147. The number of nitrogens with zero attached hydrogens (tertiary/aromatic N) is 2. The lowest BCUT2D eigenvalue weighted by atomic mass is 10.0. The van der Waals surface area contributed by atoms with Crippen LogP contribution in [0.1, 0.15) is 13.8 Å². The van der Waals surface area contributed by atoms with Crippen LogP contribution in [0.5, 0.6) is 0 Å². The van der Waals surface area contributed by atoms with E-state index < -0.39 is 17.5 Å². The first kappa shape index (κ1) is 16.7. The molecule has 7 heteroatoms. The zero-order valence-corrected chi connectivity index (χ0v) is 11.3. The second kappa shape index (κ2) is 7.17. The third kappa shape index (κ3) is 4.15. The van der Waals surface area contributed by atoms with E-state index in [2.05, 4.69) is 0 Å². The molecule has 0 aromatic carbocycles. The van der Waals surface area contributed by atoms with Crippen molar-refractivity contribution in [2.45, 2.75) is 19.4 Å². The number of carboxylic acid groups (broad SMARTS) is 1. The highest BCUT2D eigenvalue weighted by molar-refractivity contribution is 5.85. The van der Waals surface area contributed by atoms with Crippen LogP contribution in [0.4, 0.5) is 4.79 Å². The molecule has 0 bridgehead atoms. The number of methoxy groups -OCH3 is 1. The van der Waals surface area contributed by atoms with Crippen LogP contribution in [0.2, 0.25) is 0 Å². The van der Waals surface area contributed by atoms with Gasteiger partial charge in [-0.05, 0) is 13.8 Å². The smallest absolute Gasteiger partial charge is 0.329 e. The maximum atomic E-state index is 12.1. The zero-order valence-electron chi connectivity index (χ0n) is 11.3. The Bertz CT molecular complexity index is 293. The largest absolute Gasteiger partial charge is 0.480 e. The number of aliphatic hydroxyl groups excluding tert-OH is 1. The van der Waals surface area contributed by atoms with Gasteiger partial charge in [-0.25, -0.2) is 9.59 Å². The summed E-state index contributed by atoms with van der Waals surface area (Å²) in [5.74, 6) is -1.09. The van der Waals surface area contributed by atoms with Crippen molar-refractivity contribution in [1.82, 2.24) is 9.80 Å².